The number of carboxylic acid groups (broad SMARTS) is 1. The largest absolute Gasteiger partial charge is 0.480 e. The summed E-state index contributed by atoms with van der Waals surface area (Å²) in [7, 11) is 0. The predicted molar refractivity (Wildman–Crippen MR) is 47.1 cm³/mol. The molecule has 0 aliphatic carbocycles. The maximum absolute atomic E-state index is 11.1. The number of nitrogens with one attached hydrogen (secondary N) is 1. The van der Waals surface area contributed by atoms with Crippen LogP contribution in [0.3, 0.4) is 0 Å². The van der Waals surface area contributed by atoms with E-state index in [-0.39, 0.29) is 13.1 Å². The molecule has 13 heavy (non-hydrogen) atoms. The molecule has 5 nitrogen and oxygen atoms in total. The van der Waals surface area contributed by atoms with E-state index in [2.05, 4.69) is 11.2 Å². The van der Waals surface area contributed by atoms with Crippen molar-refractivity contribution in [3.8, 4) is 12.3 Å². The standard InChI is InChI=1S/C8H12N2O3/c1-3-5-10(4-2)8(13)9-6-7(11)12/h1H,4-6H2,2H3,(H,9,13)(H,11,12). The van der Waals surface area contributed by atoms with Crippen LogP contribution in [-0.4, -0.2) is 41.6 Å². The molecule has 2 amide bonds. The smallest absolute Gasteiger partial charge is 0.323 e. The van der Waals surface area contributed by atoms with Gasteiger partial charge < -0.3 is 15.3 Å². The minimum absolute atomic E-state index is 0.182. The maximum Gasteiger partial charge on any atom is 0.323 e. The quantitative estimate of drug-likeness (QED) is 0.591. The topological polar surface area (TPSA) is 69.6 Å². The molecule has 0 aliphatic heterocycles. The SMILES string of the molecule is C#CCN(CC)C(=O)NCC(=O)O. The number of aliphatic carboxylic acids is 1. The molecule has 0 aromatic rings. The maximum atomic E-state index is 11.1. The van der Waals surface area contributed by atoms with Gasteiger partial charge in [-0.2, -0.15) is 0 Å². The number of amides is 2. The van der Waals surface area contributed by atoms with Gasteiger partial charge in [0.25, 0.3) is 0 Å². The highest BCUT2D eigenvalue weighted by molar-refractivity contribution is 5.80. The second kappa shape index (κ2) is 5.89. The number of terminal acetylenes is 1. The van der Waals surface area contributed by atoms with E-state index in [1.807, 2.05) is 0 Å². The molecule has 0 saturated carbocycles. The summed E-state index contributed by atoms with van der Waals surface area (Å²) < 4.78 is 0. The molecule has 0 fully saturated rings. The minimum Gasteiger partial charge on any atom is -0.480 e. The second-order valence-electron chi connectivity index (χ2n) is 2.27. The number of rotatable bonds is 4. The van der Waals surface area contributed by atoms with E-state index in [0.717, 1.165) is 0 Å². The molecule has 0 atom stereocenters. The van der Waals surface area contributed by atoms with Gasteiger partial charge in [0.1, 0.15) is 6.54 Å². The lowest BCUT2D eigenvalue weighted by molar-refractivity contribution is -0.135. The van der Waals surface area contributed by atoms with Gasteiger partial charge >= 0.3 is 12.0 Å². The number of carboxylic acids is 1. The van der Waals surface area contributed by atoms with Crippen LogP contribution in [0, 0.1) is 12.3 Å². The third-order valence-corrected chi connectivity index (χ3v) is 1.34. The number of hydrogen-bond acceptors (Lipinski definition) is 2. The lowest BCUT2D eigenvalue weighted by atomic mass is 10.5. The van der Waals surface area contributed by atoms with Crippen LogP contribution in [0.1, 0.15) is 6.92 Å². The first kappa shape index (κ1) is 11.3. The normalized spacial score (nSPS) is 8.62. The van der Waals surface area contributed by atoms with Crippen LogP contribution in [0.25, 0.3) is 0 Å². The molecule has 0 aromatic carbocycles. The van der Waals surface area contributed by atoms with Gasteiger partial charge in [0.2, 0.25) is 0 Å². The van der Waals surface area contributed by atoms with Gasteiger partial charge in [-0.05, 0) is 6.92 Å². The summed E-state index contributed by atoms with van der Waals surface area (Å²) in [4.78, 5) is 22.6. The van der Waals surface area contributed by atoms with Crippen LogP contribution >= 0.6 is 0 Å². The molecule has 0 aromatic heterocycles. The zero-order valence-electron chi connectivity index (χ0n) is 7.41. The molecule has 0 unspecified atom stereocenters. The van der Waals surface area contributed by atoms with E-state index in [4.69, 9.17) is 11.5 Å². The van der Waals surface area contributed by atoms with E-state index < -0.39 is 12.0 Å². The van der Waals surface area contributed by atoms with E-state index >= 15 is 0 Å². The molecule has 0 aliphatic rings. The molecular weight excluding hydrogens is 172 g/mol. The van der Waals surface area contributed by atoms with Crippen LogP contribution in [-0.2, 0) is 4.79 Å². The van der Waals surface area contributed by atoms with E-state index in [0.29, 0.717) is 6.54 Å². The molecule has 2 N–H and O–H groups in total. The Morgan fingerprint density at radius 1 is 1.62 bits per heavy atom. The van der Waals surface area contributed by atoms with Gasteiger partial charge in [-0.15, -0.1) is 6.42 Å². The monoisotopic (exact) mass is 184 g/mol. The zero-order chi connectivity index (χ0) is 10.3. The van der Waals surface area contributed by atoms with Crippen LogP contribution < -0.4 is 5.32 Å². The summed E-state index contributed by atoms with van der Waals surface area (Å²) in [5, 5.41) is 10.5. The van der Waals surface area contributed by atoms with Crippen molar-refractivity contribution < 1.29 is 14.7 Å². The number of nitrogens with zero attached hydrogens (tertiary/aromatic N) is 1. The van der Waals surface area contributed by atoms with Gasteiger partial charge in [0.05, 0.1) is 6.54 Å². The number of carbonyl (C=O) groups is 2. The first-order chi connectivity index (χ1) is 6.11. The Bertz CT molecular complexity index is 232. The molecule has 5 heteroatoms. The summed E-state index contributed by atoms with van der Waals surface area (Å²) in [5.41, 5.74) is 0. The first-order valence-corrected chi connectivity index (χ1v) is 3.79. The van der Waals surface area contributed by atoms with Crippen LogP contribution in [0.5, 0.6) is 0 Å². The van der Waals surface area contributed by atoms with Gasteiger partial charge in [-0.25, -0.2) is 4.79 Å². The molecule has 0 bridgehead atoms. The van der Waals surface area contributed by atoms with Crippen molar-refractivity contribution in [2.45, 2.75) is 6.92 Å². The predicted octanol–water partition coefficient (Wildman–Crippen LogP) is -0.264. The van der Waals surface area contributed by atoms with Crippen LogP contribution in [0.4, 0.5) is 4.79 Å². The lowest BCUT2D eigenvalue weighted by Gasteiger charge is -2.17. The van der Waals surface area contributed by atoms with Crippen molar-refractivity contribution in [3.63, 3.8) is 0 Å². The van der Waals surface area contributed by atoms with Crippen molar-refractivity contribution in [2.24, 2.45) is 0 Å². The molecule has 72 valence electrons. The van der Waals surface area contributed by atoms with Crippen molar-refractivity contribution in [1.82, 2.24) is 10.2 Å². The van der Waals surface area contributed by atoms with E-state index in [1.54, 1.807) is 6.92 Å². The average Bonchev–Trinajstić information content (AvgIpc) is 2.10. The highest BCUT2D eigenvalue weighted by Gasteiger charge is 2.10. The van der Waals surface area contributed by atoms with Gasteiger partial charge in [-0.1, -0.05) is 5.92 Å². The fourth-order valence-electron chi connectivity index (χ4n) is 0.700. The third-order valence-electron chi connectivity index (χ3n) is 1.34. The van der Waals surface area contributed by atoms with Crippen molar-refractivity contribution in [3.05, 3.63) is 0 Å². The third kappa shape index (κ3) is 4.69. The molecule has 0 saturated heterocycles. The summed E-state index contributed by atoms with van der Waals surface area (Å²) in [6.45, 7) is 2.01. The Labute approximate surface area is 76.7 Å². The highest BCUT2D eigenvalue weighted by atomic mass is 16.4. The zero-order valence-corrected chi connectivity index (χ0v) is 7.41. The van der Waals surface area contributed by atoms with Crippen molar-refractivity contribution in [2.75, 3.05) is 19.6 Å². The minimum atomic E-state index is -1.08. The molecule has 0 heterocycles. The Kier molecular flexibility index (Phi) is 5.12. The van der Waals surface area contributed by atoms with Gasteiger partial charge in [0, 0.05) is 6.54 Å². The lowest BCUT2D eigenvalue weighted by Crippen LogP contribution is -2.42. The summed E-state index contributed by atoms with van der Waals surface area (Å²) in [6, 6.07) is -0.456. The Morgan fingerprint density at radius 3 is 2.62 bits per heavy atom. The summed E-state index contributed by atoms with van der Waals surface area (Å²) in [6.07, 6.45) is 5.01. The molecule has 0 spiro atoms. The number of carbonyl (C=O) groups excluding carboxylic acids is 1. The fraction of sp³-hybridized carbons (Fsp3) is 0.500. The van der Waals surface area contributed by atoms with Crippen LogP contribution in [0.15, 0.2) is 0 Å². The van der Waals surface area contributed by atoms with Crippen molar-refractivity contribution in [1.29, 1.82) is 0 Å². The number of hydrogen-bond donors (Lipinski definition) is 2. The number of urea groups is 1. The van der Waals surface area contributed by atoms with Gasteiger partial charge in [0.15, 0.2) is 0 Å². The Morgan fingerprint density at radius 2 is 2.23 bits per heavy atom. The average molecular weight is 184 g/mol. The highest BCUT2D eigenvalue weighted by Crippen LogP contribution is 1.86. The summed E-state index contributed by atoms with van der Waals surface area (Å²) in [5.74, 6) is 1.23. The molecule has 0 radical (unpaired) electrons. The second-order valence-corrected chi connectivity index (χ2v) is 2.27. The summed E-state index contributed by atoms with van der Waals surface area (Å²) >= 11 is 0. The van der Waals surface area contributed by atoms with Crippen molar-refractivity contribution >= 4 is 12.0 Å². The fourth-order valence-corrected chi connectivity index (χ4v) is 0.700. The molecular formula is C8H12N2O3. The Hall–Kier alpha value is -1.70. The van der Waals surface area contributed by atoms with Gasteiger partial charge in [-0.3, -0.25) is 4.79 Å². The Balaban J connectivity index is 3.92. The molecule has 0 rings (SSSR count). The van der Waals surface area contributed by atoms with E-state index in [9.17, 15) is 9.59 Å². The van der Waals surface area contributed by atoms with E-state index in [1.165, 1.54) is 4.90 Å². The van der Waals surface area contributed by atoms with Crippen LogP contribution in [0.2, 0.25) is 0 Å². The first-order valence-electron chi connectivity index (χ1n) is 3.79.